The molecule has 3 N–H and O–H groups in total. The Balaban J connectivity index is 1.79. The van der Waals surface area contributed by atoms with E-state index in [1.807, 2.05) is 0 Å². The minimum absolute atomic E-state index is 0.244. The number of rotatable bonds is 9. The van der Waals surface area contributed by atoms with Gasteiger partial charge < -0.3 is 20.7 Å². The number of nitrogens with one attached hydrogen (secondary N) is 3. The average Bonchev–Trinajstić information content (AvgIpc) is 3.26. The lowest BCUT2D eigenvalue weighted by Gasteiger charge is -2.20. The van der Waals surface area contributed by atoms with Gasteiger partial charge in [0.05, 0.1) is 11.4 Å². The molecular weight excluding hydrogens is 442 g/mol. The first-order valence-electron chi connectivity index (χ1n) is 9.51. The molecule has 0 aliphatic carbocycles. The van der Waals surface area contributed by atoms with Crippen molar-refractivity contribution >= 4 is 52.3 Å². The molecule has 1 unspecified atom stereocenters. The number of halogens is 1. The second-order valence-corrected chi connectivity index (χ2v) is 8.37. The maximum absolute atomic E-state index is 12.3. The Morgan fingerprint density at radius 2 is 1.84 bits per heavy atom. The number of carbonyl (C=O) groups excluding carboxylic acids is 4. The Hall–Kier alpha value is -2.91. The van der Waals surface area contributed by atoms with Crippen LogP contribution in [0.3, 0.4) is 0 Å². The van der Waals surface area contributed by atoms with E-state index in [0.717, 1.165) is 0 Å². The molecule has 1 aromatic heterocycles. The summed E-state index contributed by atoms with van der Waals surface area (Å²) in [6, 6.07) is 7.57. The van der Waals surface area contributed by atoms with Crippen LogP contribution in [-0.2, 0) is 19.1 Å². The molecule has 1 aromatic carbocycles. The zero-order chi connectivity index (χ0) is 23.0. The van der Waals surface area contributed by atoms with Gasteiger partial charge in [0.25, 0.3) is 11.8 Å². The summed E-state index contributed by atoms with van der Waals surface area (Å²) < 4.78 is 5.02. The first-order chi connectivity index (χ1) is 14.7. The number of ether oxygens (including phenoxy) is 1. The van der Waals surface area contributed by atoms with Crippen molar-refractivity contribution in [1.82, 2.24) is 10.6 Å². The lowest BCUT2D eigenvalue weighted by molar-refractivity contribution is -0.151. The number of thiophene rings is 1. The molecule has 10 heteroatoms. The standard InChI is InChI=1S/C21H24ClN3O5S/c1-12(2)19(25-20(28)16-8-5-9-31-16)21(29)30-11-18(27)23-10-17(26)24-15-7-4-6-14(22)13(15)3/h4-9,12,19H,10-11H2,1-3H3,(H,23,27)(H,24,26)(H,25,28). The van der Waals surface area contributed by atoms with Crippen LogP contribution in [0.25, 0.3) is 0 Å². The summed E-state index contributed by atoms with van der Waals surface area (Å²) in [5, 5.41) is 9.91. The van der Waals surface area contributed by atoms with Crippen molar-refractivity contribution in [3.63, 3.8) is 0 Å². The van der Waals surface area contributed by atoms with Gasteiger partial charge in [0, 0.05) is 10.7 Å². The van der Waals surface area contributed by atoms with Crippen molar-refractivity contribution in [3.8, 4) is 0 Å². The first-order valence-corrected chi connectivity index (χ1v) is 10.8. The van der Waals surface area contributed by atoms with Gasteiger partial charge in [0.1, 0.15) is 6.04 Å². The molecule has 31 heavy (non-hydrogen) atoms. The van der Waals surface area contributed by atoms with Crippen molar-refractivity contribution in [3.05, 3.63) is 51.2 Å². The van der Waals surface area contributed by atoms with Gasteiger partial charge in [-0.1, -0.05) is 37.6 Å². The van der Waals surface area contributed by atoms with Crippen LogP contribution in [0.1, 0.15) is 29.1 Å². The number of benzene rings is 1. The molecule has 166 valence electrons. The minimum atomic E-state index is -0.906. The molecule has 3 amide bonds. The van der Waals surface area contributed by atoms with Crippen LogP contribution in [0.2, 0.25) is 5.02 Å². The van der Waals surface area contributed by atoms with Crippen LogP contribution in [0.5, 0.6) is 0 Å². The molecule has 8 nitrogen and oxygen atoms in total. The SMILES string of the molecule is Cc1c(Cl)cccc1NC(=O)CNC(=O)COC(=O)C(NC(=O)c1cccs1)C(C)C. The van der Waals surface area contributed by atoms with Crippen molar-refractivity contribution < 1.29 is 23.9 Å². The summed E-state index contributed by atoms with van der Waals surface area (Å²) in [4.78, 5) is 49.0. The van der Waals surface area contributed by atoms with Crippen LogP contribution in [0.4, 0.5) is 5.69 Å². The zero-order valence-corrected chi connectivity index (χ0v) is 18.9. The lowest BCUT2D eigenvalue weighted by Crippen LogP contribution is -2.46. The number of carbonyl (C=O) groups is 4. The largest absolute Gasteiger partial charge is 0.454 e. The van der Waals surface area contributed by atoms with Gasteiger partial charge in [-0.15, -0.1) is 11.3 Å². The zero-order valence-electron chi connectivity index (χ0n) is 17.4. The normalized spacial score (nSPS) is 11.5. The Kier molecular flexibility index (Phi) is 9.02. The van der Waals surface area contributed by atoms with Crippen molar-refractivity contribution in [2.75, 3.05) is 18.5 Å². The topological polar surface area (TPSA) is 114 Å². The summed E-state index contributed by atoms with van der Waals surface area (Å²) >= 11 is 7.26. The molecule has 2 rings (SSSR count). The van der Waals surface area contributed by atoms with Gasteiger partial charge in [0.15, 0.2) is 6.61 Å². The Bertz CT molecular complexity index is 946. The van der Waals surface area contributed by atoms with E-state index in [2.05, 4.69) is 16.0 Å². The average molecular weight is 466 g/mol. The number of anilines is 1. The van der Waals surface area contributed by atoms with E-state index in [9.17, 15) is 19.2 Å². The van der Waals surface area contributed by atoms with E-state index >= 15 is 0 Å². The van der Waals surface area contributed by atoms with E-state index in [0.29, 0.717) is 21.2 Å². The van der Waals surface area contributed by atoms with Crippen LogP contribution < -0.4 is 16.0 Å². The fraction of sp³-hybridized carbons (Fsp3) is 0.333. The van der Waals surface area contributed by atoms with Crippen LogP contribution in [-0.4, -0.2) is 42.9 Å². The van der Waals surface area contributed by atoms with E-state index in [-0.39, 0.29) is 18.4 Å². The van der Waals surface area contributed by atoms with E-state index in [4.69, 9.17) is 16.3 Å². The van der Waals surface area contributed by atoms with Gasteiger partial charge in [0.2, 0.25) is 5.91 Å². The number of hydrogen-bond donors (Lipinski definition) is 3. The lowest BCUT2D eigenvalue weighted by atomic mass is 10.0. The van der Waals surface area contributed by atoms with E-state index < -0.39 is 30.4 Å². The number of amides is 3. The highest BCUT2D eigenvalue weighted by Gasteiger charge is 2.27. The molecule has 1 heterocycles. The predicted molar refractivity (Wildman–Crippen MR) is 119 cm³/mol. The summed E-state index contributed by atoms with van der Waals surface area (Å²) in [5.41, 5.74) is 1.25. The maximum atomic E-state index is 12.3. The number of esters is 1. The van der Waals surface area contributed by atoms with Crippen molar-refractivity contribution in [1.29, 1.82) is 0 Å². The summed E-state index contributed by atoms with van der Waals surface area (Å²) in [6.07, 6.45) is 0. The fourth-order valence-electron chi connectivity index (χ4n) is 2.51. The van der Waals surface area contributed by atoms with Gasteiger partial charge in [-0.05, 0) is 42.0 Å². The second kappa shape index (κ2) is 11.5. The van der Waals surface area contributed by atoms with Crippen LogP contribution >= 0.6 is 22.9 Å². The van der Waals surface area contributed by atoms with Crippen LogP contribution in [0.15, 0.2) is 35.7 Å². The Morgan fingerprint density at radius 1 is 1.10 bits per heavy atom. The predicted octanol–water partition coefficient (Wildman–Crippen LogP) is 2.76. The Morgan fingerprint density at radius 3 is 2.48 bits per heavy atom. The highest BCUT2D eigenvalue weighted by molar-refractivity contribution is 7.12. The van der Waals surface area contributed by atoms with Gasteiger partial charge in [-0.25, -0.2) is 4.79 Å². The molecule has 2 aromatic rings. The molecule has 0 aliphatic rings. The highest BCUT2D eigenvalue weighted by Crippen LogP contribution is 2.22. The third-order valence-corrected chi connectivity index (χ3v) is 5.56. The molecule has 0 aliphatic heterocycles. The third-order valence-electron chi connectivity index (χ3n) is 4.29. The molecule has 0 radical (unpaired) electrons. The molecule has 1 atom stereocenters. The van der Waals surface area contributed by atoms with Gasteiger partial charge in [-0.2, -0.15) is 0 Å². The molecule has 0 fully saturated rings. The van der Waals surface area contributed by atoms with Gasteiger partial charge >= 0.3 is 5.97 Å². The fourth-order valence-corrected chi connectivity index (χ4v) is 3.31. The minimum Gasteiger partial charge on any atom is -0.454 e. The highest BCUT2D eigenvalue weighted by atomic mass is 35.5. The summed E-state index contributed by atoms with van der Waals surface area (Å²) in [6.45, 7) is 4.40. The summed E-state index contributed by atoms with van der Waals surface area (Å²) in [7, 11) is 0. The molecule has 0 saturated carbocycles. The monoisotopic (exact) mass is 465 g/mol. The van der Waals surface area contributed by atoms with Crippen molar-refractivity contribution in [2.45, 2.75) is 26.8 Å². The quantitative estimate of drug-likeness (QED) is 0.493. The van der Waals surface area contributed by atoms with E-state index in [1.165, 1.54) is 11.3 Å². The van der Waals surface area contributed by atoms with Crippen molar-refractivity contribution in [2.24, 2.45) is 5.92 Å². The second-order valence-electron chi connectivity index (χ2n) is 7.02. The summed E-state index contributed by atoms with van der Waals surface area (Å²) in [5.74, 6) is -2.45. The molecule has 0 bridgehead atoms. The smallest absolute Gasteiger partial charge is 0.329 e. The Labute approximate surface area is 189 Å². The molecular formula is C21H24ClN3O5S. The number of hydrogen-bond acceptors (Lipinski definition) is 6. The van der Waals surface area contributed by atoms with E-state index in [1.54, 1.807) is 56.5 Å². The third kappa shape index (κ3) is 7.37. The maximum Gasteiger partial charge on any atom is 0.329 e. The first kappa shape index (κ1) is 24.4. The van der Waals surface area contributed by atoms with Gasteiger partial charge in [-0.3, -0.25) is 14.4 Å². The molecule has 0 spiro atoms. The van der Waals surface area contributed by atoms with Crippen LogP contribution in [0, 0.1) is 12.8 Å². The molecule has 0 saturated heterocycles.